The van der Waals surface area contributed by atoms with Crippen molar-refractivity contribution in [3.05, 3.63) is 23.8 Å². The predicted octanol–water partition coefficient (Wildman–Crippen LogP) is 8.30. The van der Waals surface area contributed by atoms with Gasteiger partial charge in [-0.05, 0) is 86.2 Å². The van der Waals surface area contributed by atoms with Crippen LogP contribution in [0.15, 0.2) is 23.8 Å². The zero-order valence-corrected chi connectivity index (χ0v) is 16.9. The van der Waals surface area contributed by atoms with E-state index in [-0.39, 0.29) is 5.41 Å². The molecule has 0 aromatic carbocycles. The first kappa shape index (κ1) is 20.1. The van der Waals surface area contributed by atoms with Gasteiger partial charge in [0.15, 0.2) is 11.7 Å². The minimum absolute atomic E-state index is 0.186. The molecule has 26 heavy (non-hydrogen) atoms. The number of hydrogen-bond acceptors (Lipinski definition) is 0. The molecule has 0 heterocycles. The Kier molecular flexibility index (Phi) is 6.97. The van der Waals surface area contributed by atoms with Crippen molar-refractivity contribution in [2.24, 2.45) is 29.1 Å². The normalized spacial score (nSPS) is 38.6. The molecule has 1 unspecified atom stereocenters. The molecule has 1 atom stereocenters. The van der Waals surface area contributed by atoms with Gasteiger partial charge in [-0.3, -0.25) is 0 Å². The molecule has 2 fully saturated rings. The minimum Gasteiger partial charge on any atom is -0.204 e. The summed E-state index contributed by atoms with van der Waals surface area (Å²) in [5, 5.41) is 0. The van der Waals surface area contributed by atoms with E-state index in [2.05, 4.69) is 13.8 Å². The number of halogens is 2. The van der Waals surface area contributed by atoms with Gasteiger partial charge in [-0.1, -0.05) is 52.4 Å². The van der Waals surface area contributed by atoms with Crippen LogP contribution in [0.25, 0.3) is 0 Å². The summed E-state index contributed by atoms with van der Waals surface area (Å²) in [4.78, 5) is 0. The summed E-state index contributed by atoms with van der Waals surface area (Å²) < 4.78 is 26.8. The molecule has 0 amide bonds. The summed E-state index contributed by atoms with van der Waals surface area (Å²) in [6, 6.07) is 0. The first-order valence-electron chi connectivity index (χ1n) is 11.2. The number of hydrogen-bond donors (Lipinski definition) is 0. The Bertz CT molecular complexity index is 504. The minimum atomic E-state index is -0.670. The molecule has 3 aliphatic rings. The van der Waals surface area contributed by atoms with Gasteiger partial charge in [0, 0.05) is 0 Å². The van der Waals surface area contributed by atoms with E-state index in [4.69, 9.17) is 0 Å². The Hall–Kier alpha value is -0.660. The SMILES string of the molecule is CCCC1CCC(C2CCC(CCC3(C)C=C(F)C(F)=CC3)CC2)CC1. The van der Waals surface area contributed by atoms with Gasteiger partial charge in [-0.25, -0.2) is 8.78 Å². The third-order valence-corrected chi connectivity index (χ3v) is 7.72. The predicted molar refractivity (Wildman–Crippen MR) is 106 cm³/mol. The summed E-state index contributed by atoms with van der Waals surface area (Å²) in [7, 11) is 0. The van der Waals surface area contributed by atoms with Crippen molar-refractivity contribution in [2.45, 2.75) is 97.3 Å². The third kappa shape index (κ3) is 5.20. The highest BCUT2D eigenvalue weighted by Gasteiger charge is 2.32. The van der Waals surface area contributed by atoms with Crippen LogP contribution in [-0.2, 0) is 0 Å². The molecule has 2 heteroatoms. The van der Waals surface area contributed by atoms with E-state index in [0.717, 1.165) is 30.1 Å². The molecular weight excluding hydrogens is 326 g/mol. The lowest BCUT2D eigenvalue weighted by Crippen LogP contribution is -2.26. The topological polar surface area (TPSA) is 0 Å². The monoisotopic (exact) mass is 364 g/mol. The fourth-order valence-corrected chi connectivity index (χ4v) is 5.87. The smallest absolute Gasteiger partial charge is 0.155 e. The molecule has 148 valence electrons. The lowest BCUT2D eigenvalue weighted by Gasteiger charge is -2.38. The van der Waals surface area contributed by atoms with Crippen molar-refractivity contribution in [2.75, 3.05) is 0 Å². The molecule has 2 saturated carbocycles. The molecule has 0 aromatic heterocycles. The summed E-state index contributed by atoms with van der Waals surface area (Å²) in [6.07, 6.45) is 20.0. The fourth-order valence-electron chi connectivity index (χ4n) is 5.87. The fraction of sp³-hybridized carbons (Fsp3) is 0.833. The van der Waals surface area contributed by atoms with E-state index in [1.807, 2.05) is 0 Å². The maximum absolute atomic E-state index is 13.6. The lowest BCUT2D eigenvalue weighted by molar-refractivity contribution is 0.136. The number of rotatable bonds is 6. The molecule has 3 aliphatic carbocycles. The second kappa shape index (κ2) is 9.02. The van der Waals surface area contributed by atoms with Crippen LogP contribution in [0.1, 0.15) is 97.3 Å². The maximum Gasteiger partial charge on any atom is 0.155 e. The second-order valence-corrected chi connectivity index (χ2v) is 9.79. The van der Waals surface area contributed by atoms with Crippen molar-refractivity contribution < 1.29 is 8.78 Å². The third-order valence-electron chi connectivity index (χ3n) is 7.72. The Labute approximate surface area is 159 Å². The van der Waals surface area contributed by atoms with Gasteiger partial charge >= 0.3 is 0 Å². The van der Waals surface area contributed by atoms with Gasteiger partial charge in [0.2, 0.25) is 0 Å². The van der Waals surface area contributed by atoms with Crippen LogP contribution >= 0.6 is 0 Å². The summed E-state index contributed by atoms with van der Waals surface area (Å²) in [6.45, 7) is 4.40. The highest BCUT2D eigenvalue weighted by atomic mass is 19.2. The van der Waals surface area contributed by atoms with Crippen molar-refractivity contribution in [3.8, 4) is 0 Å². The van der Waals surface area contributed by atoms with E-state index in [0.29, 0.717) is 6.42 Å². The molecule has 0 N–H and O–H groups in total. The molecule has 0 saturated heterocycles. The van der Waals surface area contributed by atoms with Crippen LogP contribution in [0.2, 0.25) is 0 Å². The summed E-state index contributed by atoms with van der Waals surface area (Å²) in [5.41, 5.74) is -0.186. The van der Waals surface area contributed by atoms with E-state index in [1.54, 1.807) is 0 Å². The standard InChI is InChI=1S/C24H38F2/c1-3-4-18-5-9-20(10-6-18)21-11-7-19(8-12-21)13-15-24(2)16-14-22(25)23(26)17-24/h14,17-21H,3-13,15-16H2,1-2H3. The van der Waals surface area contributed by atoms with Crippen LogP contribution < -0.4 is 0 Å². The first-order chi connectivity index (χ1) is 12.5. The van der Waals surface area contributed by atoms with Crippen molar-refractivity contribution >= 4 is 0 Å². The van der Waals surface area contributed by atoms with E-state index < -0.39 is 11.7 Å². The zero-order chi connectivity index (χ0) is 18.6. The Balaban J connectivity index is 1.38. The van der Waals surface area contributed by atoms with Gasteiger partial charge < -0.3 is 0 Å². The van der Waals surface area contributed by atoms with Gasteiger partial charge in [0.25, 0.3) is 0 Å². The van der Waals surface area contributed by atoms with Crippen molar-refractivity contribution in [1.29, 1.82) is 0 Å². The molecule has 0 bridgehead atoms. The largest absolute Gasteiger partial charge is 0.204 e. The average Bonchev–Trinajstić information content (AvgIpc) is 2.65. The highest BCUT2D eigenvalue weighted by Crippen LogP contribution is 2.45. The Morgan fingerprint density at radius 2 is 1.38 bits per heavy atom. The quantitative estimate of drug-likeness (QED) is 0.444. The molecule has 0 aromatic rings. The first-order valence-corrected chi connectivity index (χ1v) is 11.2. The summed E-state index contributed by atoms with van der Waals surface area (Å²) >= 11 is 0. The van der Waals surface area contributed by atoms with Gasteiger partial charge in [-0.2, -0.15) is 0 Å². The summed E-state index contributed by atoms with van der Waals surface area (Å²) in [5.74, 6) is 2.44. The van der Waals surface area contributed by atoms with Crippen LogP contribution in [0.4, 0.5) is 8.78 Å². The Morgan fingerprint density at radius 3 is 1.88 bits per heavy atom. The molecule has 0 spiro atoms. The highest BCUT2D eigenvalue weighted by molar-refractivity contribution is 5.26. The molecule has 0 nitrogen and oxygen atoms in total. The molecular formula is C24H38F2. The Morgan fingerprint density at radius 1 is 0.846 bits per heavy atom. The molecule has 3 rings (SSSR count). The van der Waals surface area contributed by atoms with E-state index in [1.165, 1.54) is 82.8 Å². The van der Waals surface area contributed by atoms with Crippen LogP contribution in [0, 0.1) is 29.1 Å². The molecule has 0 radical (unpaired) electrons. The lowest BCUT2D eigenvalue weighted by atomic mass is 9.67. The van der Waals surface area contributed by atoms with Crippen LogP contribution in [0.3, 0.4) is 0 Å². The maximum atomic E-state index is 13.6. The van der Waals surface area contributed by atoms with Crippen molar-refractivity contribution in [1.82, 2.24) is 0 Å². The van der Waals surface area contributed by atoms with Crippen molar-refractivity contribution in [3.63, 3.8) is 0 Å². The van der Waals surface area contributed by atoms with Crippen LogP contribution in [0.5, 0.6) is 0 Å². The van der Waals surface area contributed by atoms with Gasteiger partial charge in [-0.15, -0.1) is 0 Å². The number of allylic oxidation sites excluding steroid dienone is 4. The zero-order valence-electron chi connectivity index (χ0n) is 16.9. The second-order valence-electron chi connectivity index (χ2n) is 9.79. The van der Waals surface area contributed by atoms with E-state index >= 15 is 0 Å². The van der Waals surface area contributed by atoms with Gasteiger partial charge in [0.05, 0.1) is 0 Å². The van der Waals surface area contributed by atoms with Gasteiger partial charge in [0.1, 0.15) is 0 Å². The van der Waals surface area contributed by atoms with E-state index in [9.17, 15) is 8.78 Å². The average molecular weight is 365 g/mol. The van der Waals surface area contributed by atoms with Crippen LogP contribution in [-0.4, -0.2) is 0 Å². The molecule has 0 aliphatic heterocycles.